The van der Waals surface area contributed by atoms with Crippen LogP contribution in [0, 0.1) is 12.7 Å². The van der Waals surface area contributed by atoms with Gasteiger partial charge in [0.05, 0.1) is 38.4 Å². The van der Waals surface area contributed by atoms with Gasteiger partial charge in [-0.25, -0.2) is 9.37 Å². The molecule has 226 valence electrons. The Labute approximate surface area is 255 Å². The molecular formula is C35H34FN3O5. The molecule has 0 atom stereocenters. The average molecular weight is 596 g/mol. The zero-order valence-electron chi connectivity index (χ0n) is 25.6. The third kappa shape index (κ3) is 5.99. The lowest BCUT2D eigenvalue weighted by atomic mass is 9.96. The summed E-state index contributed by atoms with van der Waals surface area (Å²) in [5, 5.41) is 5.07. The molecule has 8 nitrogen and oxygen atoms in total. The van der Waals surface area contributed by atoms with Gasteiger partial charge in [0.15, 0.2) is 17.3 Å². The van der Waals surface area contributed by atoms with E-state index in [0.717, 1.165) is 22.4 Å². The van der Waals surface area contributed by atoms with Crippen molar-refractivity contribution in [1.82, 2.24) is 9.66 Å². The van der Waals surface area contributed by atoms with Crippen molar-refractivity contribution in [3.8, 4) is 34.4 Å². The summed E-state index contributed by atoms with van der Waals surface area (Å²) in [6, 6.07) is 20.9. The molecule has 0 amide bonds. The van der Waals surface area contributed by atoms with Crippen molar-refractivity contribution in [2.24, 2.45) is 5.10 Å². The molecule has 1 heterocycles. The summed E-state index contributed by atoms with van der Waals surface area (Å²) < 4.78 is 38.3. The Morgan fingerprint density at radius 1 is 0.909 bits per heavy atom. The van der Waals surface area contributed by atoms with Crippen LogP contribution < -0.4 is 24.5 Å². The van der Waals surface area contributed by atoms with Crippen LogP contribution in [0.2, 0.25) is 0 Å². The summed E-state index contributed by atoms with van der Waals surface area (Å²) in [6.07, 6.45) is 1.54. The molecule has 0 aliphatic heterocycles. The highest BCUT2D eigenvalue weighted by Gasteiger charge is 2.19. The van der Waals surface area contributed by atoms with E-state index < -0.39 is 0 Å². The maximum absolute atomic E-state index is 14.2. The summed E-state index contributed by atoms with van der Waals surface area (Å²) in [5.41, 5.74) is 3.88. The van der Waals surface area contributed by atoms with Crippen molar-refractivity contribution in [1.29, 1.82) is 0 Å². The smallest absolute Gasteiger partial charge is 0.282 e. The minimum absolute atomic E-state index is 0.0199. The van der Waals surface area contributed by atoms with Crippen LogP contribution in [0.5, 0.6) is 23.0 Å². The number of benzene rings is 4. The number of aryl methyl sites for hydroxylation is 1. The number of halogens is 1. The van der Waals surface area contributed by atoms with Gasteiger partial charge in [-0.15, -0.1) is 0 Å². The van der Waals surface area contributed by atoms with Crippen molar-refractivity contribution in [2.75, 3.05) is 21.3 Å². The maximum atomic E-state index is 14.2. The number of hydrogen-bond donors (Lipinski definition) is 0. The third-order valence-electron chi connectivity index (χ3n) is 7.33. The van der Waals surface area contributed by atoms with Crippen LogP contribution >= 0.6 is 0 Å². The van der Waals surface area contributed by atoms with E-state index in [4.69, 9.17) is 23.9 Å². The first-order valence-corrected chi connectivity index (χ1v) is 14.1. The van der Waals surface area contributed by atoms with Crippen molar-refractivity contribution in [2.45, 2.75) is 33.3 Å². The zero-order chi connectivity index (χ0) is 31.4. The van der Waals surface area contributed by atoms with E-state index in [9.17, 15) is 9.18 Å². The molecule has 0 fully saturated rings. The molecule has 0 spiro atoms. The molecule has 1 aromatic heterocycles. The Morgan fingerprint density at radius 2 is 1.57 bits per heavy atom. The highest BCUT2D eigenvalue weighted by atomic mass is 19.1. The summed E-state index contributed by atoms with van der Waals surface area (Å²) in [4.78, 5) is 18.7. The normalized spacial score (nSPS) is 11.4. The third-order valence-corrected chi connectivity index (χ3v) is 7.33. The Balaban J connectivity index is 1.61. The van der Waals surface area contributed by atoms with Gasteiger partial charge in [-0.3, -0.25) is 4.79 Å². The molecule has 0 bridgehead atoms. The Morgan fingerprint density at radius 3 is 2.23 bits per heavy atom. The molecule has 4 aromatic carbocycles. The Bertz CT molecular complexity index is 1890. The molecule has 0 aliphatic rings. The summed E-state index contributed by atoms with van der Waals surface area (Å²) >= 11 is 0. The minimum Gasteiger partial charge on any atom is -0.496 e. The SMILES string of the molecule is COc1cc(C)c(-c2nc3ccccc3c(=O)n2N=Cc2cc(OC)c(OCc3ccccc3F)c(OC)c2)cc1C(C)C. The summed E-state index contributed by atoms with van der Waals surface area (Å²) in [5.74, 6) is 2.01. The number of nitrogens with zero attached hydrogens (tertiary/aromatic N) is 3. The van der Waals surface area contributed by atoms with Crippen LogP contribution in [-0.4, -0.2) is 37.2 Å². The van der Waals surface area contributed by atoms with Gasteiger partial charge in [-0.05, 0) is 66.4 Å². The highest BCUT2D eigenvalue weighted by Crippen LogP contribution is 2.39. The van der Waals surface area contributed by atoms with Gasteiger partial charge in [0.1, 0.15) is 18.2 Å². The van der Waals surface area contributed by atoms with Gasteiger partial charge >= 0.3 is 0 Å². The number of methoxy groups -OCH3 is 3. The lowest BCUT2D eigenvalue weighted by molar-refractivity contribution is 0.262. The van der Waals surface area contributed by atoms with Gasteiger partial charge in [0.25, 0.3) is 5.56 Å². The molecule has 0 N–H and O–H groups in total. The van der Waals surface area contributed by atoms with E-state index in [2.05, 4.69) is 18.9 Å². The van der Waals surface area contributed by atoms with Gasteiger partial charge in [-0.2, -0.15) is 9.78 Å². The van der Waals surface area contributed by atoms with E-state index >= 15 is 0 Å². The fraction of sp³-hybridized carbons (Fsp3) is 0.229. The standard InChI is InChI=1S/C35H34FN3O5/c1-21(2)26-18-27(22(3)15-30(26)41-4)34-38-29-14-10-8-12-25(29)35(40)39(34)37-19-23-16-31(42-5)33(32(17-23)43-6)44-20-24-11-7-9-13-28(24)36/h7-19,21H,20H2,1-6H3. The van der Waals surface area contributed by atoms with Gasteiger partial charge in [0, 0.05) is 16.7 Å². The highest BCUT2D eigenvalue weighted by molar-refractivity contribution is 5.84. The van der Waals surface area contributed by atoms with Crippen LogP contribution in [0.1, 0.15) is 42.0 Å². The van der Waals surface area contributed by atoms with Crippen LogP contribution in [0.25, 0.3) is 22.3 Å². The monoisotopic (exact) mass is 595 g/mol. The van der Waals surface area contributed by atoms with Crippen molar-refractivity contribution < 1.29 is 23.3 Å². The van der Waals surface area contributed by atoms with E-state index in [1.54, 1.807) is 49.6 Å². The van der Waals surface area contributed by atoms with Crippen LogP contribution in [0.4, 0.5) is 4.39 Å². The number of ether oxygens (including phenoxy) is 4. The largest absolute Gasteiger partial charge is 0.496 e. The molecular weight excluding hydrogens is 561 g/mol. The fourth-order valence-corrected chi connectivity index (χ4v) is 4.98. The van der Waals surface area contributed by atoms with Crippen LogP contribution in [0.3, 0.4) is 0 Å². The molecule has 44 heavy (non-hydrogen) atoms. The first-order chi connectivity index (χ1) is 21.2. The number of fused-ring (bicyclic) bond motifs is 1. The molecule has 0 radical (unpaired) electrons. The van der Waals surface area contributed by atoms with E-state index in [0.29, 0.717) is 45.1 Å². The van der Waals surface area contributed by atoms with E-state index in [1.807, 2.05) is 31.2 Å². The van der Waals surface area contributed by atoms with Crippen LogP contribution in [-0.2, 0) is 6.61 Å². The maximum Gasteiger partial charge on any atom is 0.282 e. The number of para-hydroxylation sites is 1. The molecule has 0 unspecified atom stereocenters. The summed E-state index contributed by atoms with van der Waals surface area (Å²) in [7, 11) is 4.65. The first kappa shape index (κ1) is 30.3. The molecule has 5 rings (SSSR count). The second kappa shape index (κ2) is 13.0. The molecule has 5 aromatic rings. The van der Waals surface area contributed by atoms with Gasteiger partial charge in [0.2, 0.25) is 5.75 Å². The number of aromatic nitrogens is 2. The topological polar surface area (TPSA) is 84.2 Å². The second-order valence-corrected chi connectivity index (χ2v) is 10.5. The van der Waals surface area contributed by atoms with Gasteiger partial charge < -0.3 is 18.9 Å². The number of rotatable bonds is 10. The lowest BCUT2D eigenvalue weighted by Gasteiger charge is -2.17. The Kier molecular flexibility index (Phi) is 8.94. The van der Waals surface area contributed by atoms with E-state index in [1.165, 1.54) is 31.2 Å². The van der Waals surface area contributed by atoms with Crippen molar-refractivity contribution in [3.63, 3.8) is 0 Å². The predicted octanol–water partition coefficient (Wildman–Crippen LogP) is 7.12. The molecule has 0 saturated heterocycles. The fourth-order valence-electron chi connectivity index (χ4n) is 4.98. The number of hydrogen-bond acceptors (Lipinski definition) is 7. The second-order valence-electron chi connectivity index (χ2n) is 10.5. The Hall–Kier alpha value is -5.18. The molecule has 0 saturated carbocycles. The quantitative estimate of drug-likeness (QED) is 0.160. The lowest BCUT2D eigenvalue weighted by Crippen LogP contribution is -2.20. The van der Waals surface area contributed by atoms with Crippen molar-refractivity contribution in [3.05, 3.63) is 111 Å². The van der Waals surface area contributed by atoms with Gasteiger partial charge in [-0.1, -0.05) is 44.2 Å². The first-order valence-electron chi connectivity index (χ1n) is 14.1. The molecule has 9 heteroatoms. The average Bonchev–Trinajstić information content (AvgIpc) is 3.03. The molecule has 0 aliphatic carbocycles. The summed E-state index contributed by atoms with van der Waals surface area (Å²) in [6.45, 7) is 6.10. The van der Waals surface area contributed by atoms with E-state index in [-0.39, 0.29) is 23.9 Å². The predicted molar refractivity (Wildman–Crippen MR) is 170 cm³/mol. The minimum atomic E-state index is -0.368. The van der Waals surface area contributed by atoms with Crippen molar-refractivity contribution >= 4 is 17.1 Å². The van der Waals surface area contributed by atoms with Crippen LogP contribution in [0.15, 0.2) is 82.7 Å². The zero-order valence-corrected chi connectivity index (χ0v) is 25.6.